The van der Waals surface area contributed by atoms with Crippen molar-refractivity contribution >= 4 is 49.0 Å². The van der Waals surface area contributed by atoms with Crippen molar-refractivity contribution in [2.45, 2.75) is 13.3 Å². The molecule has 9 nitrogen and oxygen atoms in total. The summed E-state index contributed by atoms with van der Waals surface area (Å²) in [6, 6.07) is 1.73. The zero-order chi connectivity index (χ0) is 18.3. The third kappa shape index (κ3) is 3.06. The van der Waals surface area contributed by atoms with Gasteiger partial charge in [-0.1, -0.05) is 11.3 Å². The minimum Gasteiger partial charge on any atom is -0.337 e. The molecule has 134 valence electrons. The molecule has 0 bridgehead atoms. The normalized spacial score (nSPS) is 11.3. The summed E-state index contributed by atoms with van der Waals surface area (Å²) in [5, 5.41) is 14.0. The summed E-state index contributed by atoms with van der Waals surface area (Å²) in [6.45, 7) is 2.39. The summed E-state index contributed by atoms with van der Waals surface area (Å²) in [5.41, 5.74) is 0.0588. The van der Waals surface area contributed by atoms with Gasteiger partial charge in [0, 0.05) is 37.3 Å². The van der Waals surface area contributed by atoms with Gasteiger partial charge in [0.1, 0.15) is 10.7 Å². The number of aromatic nitrogens is 5. The van der Waals surface area contributed by atoms with Gasteiger partial charge in [-0.3, -0.25) is 14.5 Å². The second kappa shape index (κ2) is 6.50. The van der Waals surface area contributed by atoms with Crippen LogP contribution in [0.5, 0.6) is 0 Å². The first kappa shape index (κ1) is 16.7. The van der Waals surface area contributed by atoms with E-state index < -0.39 is 0 Å². The van der Waals surface area contributed by atoms with Crippen LogP contribution in [0.4, 0.5) is 9.93 Å². The first-order valence-corrected chi connectivity index (χ1v) is 9.45. The van der Waals surface area contributed by atoms with Crippen LogP contribution in [0.3, 0.4) is 0 Å². The topological polar surface area (TPSA) is 106 Å². The van der Waals surface area contributed by atoms with Crippen molar-refractivity contribution in [3.05, 3.63) is 39.5 Å². The molecule has 2 amide bonds. The van der Waals surface area contributed by atoms with Crippen LogP contribution in [0.2, 0.25) is 0 Å². The van der Waals surface area contributed by atoms with Gasteiger partial charge in [-0.25, -0.2) is 9.78 Å². The van der Waals surface area contributed by atoms with Gasteiger partial charge in [-0.05, 0) is 13.0 Å². The Hall–Kier alpha value is -2.79. The number of anilines is 1. The Kier molecular flexibility index (Phi) is 4.17. The number of carbonyl (C=O) groups excluding carboxylic acids is 1. The molecule has 0 saturated heterocycles. The second-order valence-corrected chi connectivity index (χ2v) is 7.97. The predicted octanol–water partition coefficient (Wildman–Crippen LogP) is 1.77. The summed E-state index contributed by atoms with van der Waals surface area (Å²) in [5.74, 6) is 0.614. The highest BCUT2D eigenvalue weighted by Gasteiger charge is 2.11. The Morgan fingerprint density at radius 3 is 2.92 bits per heavy atom. The van der Waals surface area contributed by atoms with E-state index in [9.17, 15) is 9.59 Å². The molecule has 0 fully saturated rings. The zero-order valence-electron chi connectivity index (χ0n) is 14.0. The van der Waals surface area contributed by atoms with Gasteiger partial charge >= 0.3 is 6.03 Å². The number of rotatable bonds is 4. The summed E-state index contributed by atoms with van der Waals surface area (Å²) < 4.78 is 4.15. The van der Waals surface area contributed by atoms with E-state index in [0.717, 1.165) is 9.53 Å². The fourth-order valence-corrected chi connectivity index (χ4v) is 4.54. The zero-order valence-corrected chi connectivity index (χ0v) is 15.6. The lowest BCUT2D eigenvalue weighted by Gasteiger charge is -2.05. The van der Waals surface area contributed by atoms with Crippen LogP contribution in [0, 0.1) is 6.92 Å². The third-order valence-corrected chi connectivity index (χ3v) is 5.78. The molecule has 0 saturated carbocycles. The Balaban J connectivity index is 1.37. The first-order valence-electron chi connectivity index (χ1n) is 7.82. The van der Waals surface area contributed by atoms with E-state index in [2.05, 4.69) is 31.9 Å². The average molecular weight is 389 g/mol. The van der Waals surface area contributed by atoms with Crippen LogP contribution in [0.25, 0.3) is 15.2 Å². The summed E-state index contributed by atoms with van der Waals surface area (Å²) in [6.07, 6.45) is 3.84. The maximum Gasteiger partial charge on any atom is 0.321 e. The number of amides is 2. The lowest BCUT2D eigenvalue weighted by molar-refractivity contribution is 0.252. The minimum absolute atomic E-state index is 0.212. The maximum absolute atomic E-state index is 12.0. The van der Waals surface area contributed by atoms with Gasteiger partial charge in [0.15, 0.2) is 5.13 Å². The van der Waals surface area contributed by atoms with Crippen molar-refractivity contribution < 1.29 is 4.79 Å². The van der Waals surface area contributed by atoms with Crippen LogP contribution in [-0.2, 0) is 13.5 Å². The van der Waals surface area contributed by atoms with E-state index in [0.29, 0.717) is 23.9 Å². The minimum atomic E-state index is -0.326. The molecule has 0 aliphatic rings. The van der Waals surface area contributed by atoms with Crippen LogP contribution in [-0.4, -0.2) is 36.7 Å². The summed E-state index contributed by atoms with van der Waals surface area (Å²) >= 11 is 3.05. The Morgan fingerprint density at radius 1 is 1.27 bits per heavy atom. The van der Waals surface area contributed by atoms with E-state index >= 15 is 0 Å². The van der Waals surface area contributed by atoms with Crippen LogP contribution in [0.15, 0.2) is 23.3 Å². The van der Waals surface area contributed by atoms with Crippen molar-refractivity contribution in [2.24, 2.45) is 7.05 Å². The molecule has 0 radical (unpaired) electrons. The van der Waals surface area contributed by atoms with Crippen molar-refractivity contribution in [1.29, 1.82) is 0 Å². The van der Waals surface area contributed by atoms with Crippen LogP contribution >= 0.6 is 22.7 Å². The number of carbonyl (C=O) groups is 1. The number of fused-ring (bicyclic) bond motifs is 2. The molecule has 26 heavy (non-hydrogen) atoms. The molecule has 0 aliphatic heterocycles. The van der Waals surface area contributed by atoms with E-state index in [4.69, 9.17) is 0 Å². The Morgan fingerprint density at radius 2 is 2.12 bits per heavy atom. The Labute approximate surface area is 155 Å². The molecule has 0 atom stereocenters. The third-order valence-electron chi connectivity index (χ3n) is 3.78. The van der Waals surface area contributed by atoms with Gasteiger partial charge in [0.2, 0.25) is 5.65 Å². The van der Waals surface area contributed by atoms with Crippen LogP contribution in [0.1, 0.15) is 10.7 Å². The maximum atomic E-state index is 12.0. The molecule has 0 aliphatic carbocycles. The van der Waals surface area contributed by atoms with E-state index in [-0.39, 0.29) is 17.2 Å². The molecule has 4 heterocycles. The highest BCUT2D eigenvalue weighted by molar-refractivity contribution is 7.29. The highest BCUT2D eigenvalue weighted by Crippen LogP contribution is 2.32. The van der Waals surface area contributed by atoms with Crippen LogP contribution < -0.4 is 16.2 Å². The quantitative estimate of drug-likeness (QED) is 0.553. The predicted molar refractivity (Wildman–Crippen MR) is 101 cm³/mol. The van der Waals surface area contributed by atoms with E-state index in [1.807, 2.05) is 6.92 Å². The smallest absolute Gasteiger partial charge is 0.321 e. The fraction of sp³-hybridized carbons (Fsp3) is 0.267. The summed E-state index contributed by atoms with van der Waals surface area (Å²) in [4.78, 5) is 30.5. The Bertz CT molecular complexity index is 1140. The van der Waals surface area contributed by atoms with Gasteiger partial charge in [-0.15, -0.1) is 21.5 Å². The standard InChI is InChI=1S/C15H15N7O2S2/c1-8-7-9-12(25-8)17-15(26-9)18-14(24)16-4-3-10-19-20-11-13(23)21(2)5-6-22(10)11/h5-7H,3-4H2,1-2H3,(H2,16,17,18,24). The number of urea groups is 1. The molecule has 4 rings (SSSR count). The SMILES string of the molecule is Cc1cc2sc(NC(=O)NCCc3nnc4c(=O)n(C)ccn34)nc2s1. The van der Waals surface area contributed by atoms with Crippen molar-refractivity contribution in [1.82, 2.24) is 29.5 Å². The molecule has 4 aromatic heterocycles. The molecule has 0 unspecified atom stereocenters. The van der Waals surface area contributed by atoms with Crippen molar-refractivity contribution in [3.63, 3.8) is 0 Å². The fourth-order valence-electron chi connectivity index (χ4n) is 2.52. The number of hydrogen-bond donors (Lipinski definition) is 2. The number of nitrogens with zero attached hydrogens (tertiary/aromatic N) is 5. The van der Waals surface area contributed by atoms with Gasteiger partial charge < -0.3 is 9.88 Å². The molecule has 2 N–H and O–H groups in total. The molecule has 4 aromatic rings. The highest BCUT2D eigenvalue weighted by atomic mass is 32.1. The number of thiophene rings is 1. The molecular weight excluding hydrogens is 374 g/mol. The second-order valence-electron chi connectivity index (χ2n) is 5.70. The molecule has 11 heteroatoms. The largest absolute Gasteiger partial charge is 0.337 e. The summed E-state index contributed by atoms with van der Waals surface area (Å²) in [7, 11) is 1.66. The van der Waals surface area contributed by atoms with Crippen molar-refractivity contribution in [3.8, 4) is 0 Å². The van der Waals surface area contributed by atoms with E-state index in [1.165, 1.54) is 20.8 Å². The molecule has 0 spiro atoms. The van der Waals surface area contributed by atoms with Crippen molar-refractivity contribution in [2.75, 3.05) is 11.9 Å². The molecule has 0 aromatic carbocycles. The lowest BCUT2D eigenvalue weighted by atomic mass is 10.4. The first-order chi connectivity index (χ1) is 12.5. The number of nitrogens with one attached hydrogen (secondary N) is 2. The average Bonchev–Trinajstić information content (AvgIpc) is 3.24. The lowest BCUT2D eigenvalue weighted by Crippen LogP contribution is -2.30. The van der Waals surface area contributed by atoms with E-state index in [1.54, 1.807) is 35.2 Å². The number of thiazole rings is 1. The van der Waals surface area contributed by atoms with Gasteiger partial charge in [0.05, 0.1) is 4.70 Å². The number of aryl methyl sites for hydroxylation is 2. The monoisotopic (exact) mass is 389 g/mol. The van der Waals surface area contributed by atoms with Gasteiger partial charge in [-0.2, -0.15) is 0 Å². The molecular formula is C15H15N7O2S2. The number of hydrogen-bond acceptors (Lipinski definition) is 7. The van der Waals surface area contributed by atoms with Gasteiger partial charge in [0.25, 0.3) is 5.56 Å².